The Morgan fingerprint density at radius 3 is 1.58 bits per heavy atom. The molecule has 0 atom stereocenters. The van der Waals surface area contributed by atoms with Crippen molar-refractivity contribution in [3.05, 3.63) is 59.7 Å². The molecule has 0 N–H and O–H groups in total. The van der Waals surface area contributed by atoms with E-state index in [1.165, 1.54) is 24.6 Å². The summed E-state index contributed by atoms with van der Waals surface area (Å²) in [5, 5.41) is 0. The van der Waals surface area contributed by atoms with E-state index >= 15 is 0 Å². The van der Waals surface area contributed by atoms with Gasteiger partial charge >= 0.3 is 0 Å². The minimum atomic E-state index is -0.00312. The van der Waals surface area contributed by atoms with Gasteiger partial charge in [-0.05, 0) is 54.8 Å². The molecule has 0 saturated carbocycles. The van der Waals surface area contributed by atoms with Gasteiger partial charge in [0.2, 0.25) is 12.2 Å². The molecule has 0 heterocycles. The molecule has 2 aromatic rings. The number of Topliss-reactive ketones (excluding diaryl/α,β-unsaturated/α-hetero) is 1. The molecule has 0 aliphatic heterocycles. The lowest BCUT2D eigenvalue weighted by Crippen LogP contribution is -1.89. The van der Waals surface area contributed by atoms with Crippen LogP contribution in [-0.4, -0.2) is 17.9 Å². The fourth-order valence-electron chi connectivity index (χ4n) is 1.81. The van der Waals surface area contributed by atoms with Crippen LogP contribution in [0.5, 0.6) is 0 Å². The predicted octanol–water partition coefficient (Wildman–Crippen LogP) is 4.63. The quantitative estimate of drug-likeness (QED) is 0.467. The van der Waals surface area contributed by atoms with Gasteiger partial charge in [-0.25, -0.2) is 9.59 Å². The third-order valence-corrected chi connectivity index (χ3v) is 3.18. The average molecular weight is 322 g/mol. The maximum absolute atomic E-state index is 10.8. The minimum absolute atomic E-state index is 0.00312. The van der Waals surface area contributed by atoms with Crippen LogP contribution in [0.1, 0.15) is 42.6 Å². The molecule has 0 bridgehead atoms. The van der Waals surface area contributed by atoms with E-state index in [0.717, 1.165) is 0 Å². The van der Waals surface area contributed by atoms with E-state index in [2.05, 4.69) is 23.8 Å². The maximum Gasteiger partial charge on any atom is 0.240 e. The van der Waals surface area contributed by atoms with Gasteiger partial charge in [0, 0.05) is 5.56 Å². The molecule has 122 valence electrons. The predicted molar refractivity (Wildman–Crippen MR) is 92.5 cm³/mol. The summed E-state index contributed by atoms with van der Waals surface area (Å²) in [5.74, 6) is 0.510. The smallest absolute Gasteiger partial charge is 0.240 e. The van der Waals surface area contributed by atoms with Gasteiger partial charge in [0.05, 0.1) is 11.4 Å². The summed E-state index contributed by atoms with van der Waals surface area (Å²) in [6, 6.07) is 14.0. The molecule has 0 unspecified atom stereocenters. The second kappa shape index (κ2) is 9.80. The lowest BCUT2D eigenvalue weighted by Gasteiger charge is -2.03. The zero-order valence-electron chi connectivity index (χ0n) is 13.8. The number of nitrogens with zero attached hydrogens (tertiary/aromatic N) is 2. The number of hydrogen-bond acceptors (Lipinski definition) is 5. The first-order chi connectivity index (χ1) is 11.5. The molecule has 2 rings (SSSR count). The first-order valence-corrected chi connectivity index (χ1v) is 7.34. The SMILES string of the molecule is CC(=O)c1ccc(N=C=O)cc1.CC(C)c1ccc(N=C=O)cc1. The molecule has 0 aliphatic carbocycles. The lowest BCUT2D eigenvalue weighted by molar-refractivity contribution is 0.101. The largest absolute Gasteiger partial charge is 0.295 e. The highest BCUT2D eigenvalue weighted by molar-refractivity contribution is 5.94. The summed E-state index contributed by atoms with van der Waals surface area (Å²) < 4.78 is 0. The Kier molecular flexibility index (Phi) is 7.72. The van der Waals surface area contributed by atoms with Crippen molar-refractivity contribution in [2.45, 2.75) is 26.7 Å². The van der Waals surface area contributed by atoms with E-state index in [-0.39, 0.29) is 5.78 Å². The number of carbonyl (C=O) groups excluding carboxylic acids is 3. The maximum atomic E-state index is 10.8. The molecule has 5 heteroatoms. The van der Waals surface area contributed by atoms with Crippen LogP contribution in [0.15, 0.2) is 58.5 Å². The number of rotatable bonds is 4. The van der Waals surface area contributed by atoms with Gasteiger partial charge < -0.3 is 0 Å². The zero-order chi connectivity index (χ0) is 17.9. The topological polar surface area (TPSA) is 75.9 Å². The Morgan fingerprint density at radius 1 is 0.833 bits per heavy atom. The van der Waals surface area contributed by atoms with Crippen LogP contribution in [-0.2, 0) is 9.59 Å². The van der Waals surface area contributed by atoms with Gasteiger partial charge in [0.15, 0.2) is 5.78 Å². The molecule has 0 radical (unpaired) electrons. The van der Waals surface area contributed by atoms with Gasteiger partial charge in [0.1, 0.15) is 0 Å². The van der Waals surface area contributed by atoms with Crippen molar-refractivity contribution < 1.29 is 14.4 Å². The molecule has 0 aromatic heterocycles. The summed E-state index contributed by atoms with van der Waals surface area (Å²) in [6.45, 7) is 5.73. The molecule has 0 spiro atoms. The van der Waals surface area contributed by atoms with E-state index in [1.54, 1.807) is 24.3 Å². The van der Waals surface area contributed by atoms with E-state index in [1.807, 2.05) is 24.3 Å². The summed E-state index contributed by atoms with van der Waals surface area (Å²) in [5.41, 5.74) is 3.03. The minimum Gasteiger partial charge on any atom is -0.295 e. The van der Waals surface area contributed by atoms with Crippen LogP contribution in [0.4, 0.5) is 11.4 Å². The zero-order valence-corrected chi connectivity index (χ0v) is 13.8. The van der Waals surface area contributed by atoms with E-state index < -0.39 is 0 Å². The number of hydrogen-bond donors (Lipinski definition) is 0. The van der Waals surface area contributed by atoms with Crippen LogP contribution in [0, 0.1) is 0 Å². The fourth-order valence-corrected chi connectivity index (χ4v) is 1.81. The Balaban J connectivity index is 0.000000240. The highest BCUT2D eigenvalue weighted by Gasteiger charge is 1.97. The molecule has 2 aromatic carbocycles. The van der Waals surface area contributed by atoms with Crippen LogP contribution >= 0.6 is 0 Å². The molecule has 24 heavy (non-hydrogen) atoms. The fraction of sp³-hybridized carbons (Fsp3) is 0.211. The third kappa shape index (κ3) is 6.32. The number of carbonyl (C=O) groups is 1. The molecule has 0 amide bonds. The van der Waals surface area contributed by atoms with Crippen molar-refractivity contribution in [1.82, 2.24) is 0 Å². The highest BCUT2D eigenvalue weighted by Crippen LogP contribution is 2.18. The monoisotopic (exact) mass is 322 g/mol. The first-order valence-electron chi connectivity index (χ1n) is 7.34. The summed E-state index contributed by atoms with van der Waals surface area (Å²) >= 11 is 0. The molecule has 0 fully saturated rings. The number of isocyanates is 2. The van der Waals surface area contributed by atoms with Gasteiger partial charge in [-0.2, -0.15) is 9.98 Å². The van der Waals surface area contributed by atoms with Gasteiger partial charge in [0.25, 0.3) is 0 Å². The standard InChI is InChI=1S/C10H11NO.C9H7NO2/c1-8(2)9-3-5-10(6-4-9)11-7-12;1-7(12)8-2-4-9(5-3-8)10-6-11/h3-6,8H,1-2H3;2-5H,1H3. The van der Waals surface area contributed by atoms with Gasteiger partial charge in [-0.3, -0.25) is 4.79 Å². The Labute approximate surface area is 140 Å². The van der Waals surface area contributed by atoms with Gasteiger partial charge in [-0.1, -0.05) is 26.0 Å². The summed E-state index contributed by atoms with van der Waals surface area (Å²) in [6.07, 6.45) is 2.93. The average Bonchev–Trinajstić information content (AvgIpc) is 2.57. The molecular formula is C19H18N2O3. The van der Waals surface area contributed by atoms with Crippen LogP contribution in [0.25, 0.3) is 0 Å². The number of ketones is 1. The normalized spacial score (nSPS) is 9.17. The first kappa shape index (κ1) is 18.9. The summed E-state index contributed by atoms with van der Waals surface area (Å²) in [7, 11) is 0. The Bertz CT molecular complexity index is 744. The molecule has 0 aliphatic rings. The van der Waals surface area contributed by atoms with Crippen LogP contribution in [0.2, 0.25) is 0 Å². The van der Waals surface area contributed by atoms with Crippen molar-refractivity contribution in [1.29, 1.82) is 0 Å². The Hall–Kier alpha value is -3.13. The van der Waals surface area contributed by atoms with Crippen LogP contribution in [0.3, 0.4) is 0 Å². The van der Waals surface area contributed by atoms with Gasteiger partial charge in [-0.15, -0.1) is 0 Å². The second-order valence-corrected chi connectivity index (χ2v) is 5.26. The van der Waals surface area contributed by atoms with E-state index in [0.29, 0.717) is 22.9 Å². The van der Waals surface area contributed by atoms with Crippen molar-refractivity contribution in [2.24, 2.45) is 9.98 Å². The lowest BCUT2D eigenvalue weighted by atomic mass is 10.0. The third-order valence-electron chi connectivity index (χ3n) is 3.18. The molecule has 0 saturated heterocycles. The van der Waals surface area contributed by atoms with E-state index in [9.17, 15) is 14.4 Å². The van der Waals surface area contributed by atoms with Crippen molar-refractivity contribution in [2.75, 3.05) is 0 Å². The highest BCUT2D eigenvalue weighted by atomic mass is 16.1. The molecule has 5 nitrogen and oxygen atoms in total. The number of benzene rings is 2. The second-order valence-electron chi connectivity index (χ2n) is 5.26. The number of aliphatic imine (C=N–C) groups is 2. The van der Waals surface area contributed by atoms with Crippen molar-refractivity contribution in [3.63, 3.8) is 0 Å². The molecular weight excluding hydrogens is 304 g/mol. The van der Waals surface area contributed by atoms with Crippen molar-refractivity contribution in [3.8, 4) is 0 Å². The summed E-state index contributed by atoms with van der Waals surface area (Å²) in [4.78, 5) is 37.4. The van der Waals surface area contributed by atoms with E-state index in [4.69, 9.17) is 0 Å². The van der Waals surface area contributed by atoms with Crippen molar-refractivity contribution >= 4 is 29.3 Å². The van der Waals surface area contributed by atoms with Crippen LogP contribution < -0.4 is 0 Å². The Morgan fingerprint density at radius 2 is 1.25 bits per heavy atom.